The van der Waals surface area contributed by atoms with Crippen LogP contribution in [0.25, 0.3) is 11.1 Å². The van der Waals surface area contributed by atoms with E-state index in [-0.39, 0.29) is 12.0 Å². The van der Waals surface area contributed by atoms with Crippen LogP contribution in [-0.2, 0) is 21.6 Å². The fourth-order valence-electron chi connectivity index (χ4n) is 4.30. The van der Waals surface area contributed by atoms with Crippen LogP contribution >= 0.6 is 34.8 Å². The predicted molar refractivity (Wildman–Crippen MR) is 126 cm³/mol. The maximum Gasteiger partial charge on any atom is 0.279 e. The molecule has 1 aromatic heterocycles. The lowest BCUT2D eigenvalue weighted by Gasteiger charge is -2.37. The van der Waals surface area contributed by atoms with Gasteiger partial charge in [-0.3, -0.25) is 19.4 Å². The van der Waals surface area contributed by atoms with E-state index in [0.717, 1.165) is 5.06 Å². The average molecular weight is 506 g/mol. The SMILES string of the molecule is CON1C(=O)c2ccc(Cl)c(-c3ccc(Cl)cc3)c2[C@]1(Cc1ccc(Cl)cn1)C(=O)C(C)O. The zero-order chi connectivity index (χ0) is 23.9. The Balaban J connectivity index is 2.07. The smallest absolute Gasteiger partial charge is 0.279 e. The molecule has 33 heavy (non-hydrogen) atoms. The van der Waals surface area contributed by atoms with Crippen LogP contribution in [0.5, 0.6) is 0 Å². The molecule has 0 radical (unpaired) electrons. The van der Waals surface area contributed by atoms with Gasteiger partial charge in [0.15, 0.2) is 11.3 Å². The lowest BCUT2D eigenvalue weighted by molar-refractivity contribution is -0.179. The number of aliphatic hydroxyl groups is 1. The number of benzene rings is 2. The van der Waals surface area contributed by atoms with E-state index < -0.39 is 23.3 Å². The first-order chi connectivity index (χ1) is 15.7. The number of aromatic nitrogens is 1. The van der Waals surface area contributed by atoms with E-state index in [9.17, 15) is 14.7 Å². The van der Waals surface area contributed by atoms with Crippen LogP contribution in [0.3, 0.4) is 0 Å². The summed E-state index contributed by atoms with van der Waals surface area (Å²) < 4.78 is 0. The minimum absolute atomic E-state index is 0.0680. The summed E-state index contributed by atoms with van der Waals surface area (Å²) in [7, 11) is 1.30. The fraction of sp³-hybridized carbons (Fsp3) is 0.208. The van der Waals surface area contributed by atoms with Crippen LogP contribution in [0.15, 0.2) is 54.7 Å². The third-order valence-electron chi connectivity index (χ3n) is 5.66. The number of ketones is 1. The van der Waals surface area contributed by atoms with Crippen LogP contribution in [0.4, 0.5) is 0 Å². The van der Waals surface area contributed by atoms with Gasteiger partial charge < -0.3 is 5.11 Å². The molecule has 0 fully saturated rings. The predicted octanol–water partition coefficient (Wildman–Crippen LogP) is 5.11. The van der Waals surface area contributed by atoms with Gasteiger partial charge in [0.2, 0.25) is 0 Å². The minimum Gasteiger partial charge on any atom is -0.386 e. The fourth-order valence-corrected chi connectivity index (χ4v) is 4.80. The van der Waals surface area contributed by atoms with Crippen molar-refractivity contribution >= 4 is 46.5 Å². The number of rotatable bonds is 6. The topological polar surface area (TPSA) is 79.7 Å². The molecule has 0 spiro atoms. The number of aliphatic hydroxyl groups excluding tert-OH is 1. The monoisotopic (exact) mass is 504 g/mol. The largest absolute Gasteiger partial charge is 0.386 e. The maximum absolute atomic E-state index is 13.7. The molecule has 2 heterocycles. The molecule has 0 saturated carbocycles. The highest BCUT2D eigenvalue weighted by molar-refractivity contribution is 6.34. The molecule has 2 atom stereocenters. The maximum atomic E-state index is 13.7. The molecule has 1 aliphatic rings. The third-order valence-corrected chi connectivity index (χ3v) is 6.45. The zero-order valence-electron chi connectivity index (χ0n) is 17.7. The number of hydrogen-bond donors (Lipinski definition) is 1. The first-order valence-electron chi connectivity index (χ1n) is 10.0. The second-order valence-electron chi connectivity index (χ2n) is 7.68. The van der Waals surface area contributed by atoms with E-state index in [1.165, 1.54) is 20.2 Å². The van der Waals surface area contributed by atoms with E-state index in [0.29, 0.717) is 37.5 Å². The quantitative estimate of drug-likeness (QED) is 0.503. The Morgan fingerprint density at radius 1 is 1.09 bits per heavy atom. The Hall–Kier alpha value is -2.48. The van der Waals surface area contributed by atoms with Gasteiger partial charge in [-0.05, 0) is 48.9 Å². The minimum atomic E-state index is -1.73. The summed E-state index contributed by atoms with van der Waals surface area (Å²) in [6.07, 6.45) is -0.0306. The molecule has 170 valence electrons. The molecule has 6 nitrogen and oxygen atoms in total. The number of hydroxylamine groups is 2. The molecule has 2 aromatic carbocycles. The molecule has 3 aromatic rings. The summed E-state index contributed by atoms with van der Waals surface area (Å²) in [4.78, 5) is 36.9. The molecule has 9 heteroatoms. The lowest BCUT2D eigenvalue weighted by atomic mass is 9.76. The molecule has 0 aliphatic carbocycles. The number of pyridine rings is 1. The van der Waals surface area contributed by atoms with E-state index >= 15 is 0 Å². The standard InChI is InChI=1S/C24H19Cl3N2O4/c1-13(30)22(31)24(11-17-8-7-16(26)12-28-17)21-18(23(32)29(24)33-2)9-10-19(27)20(21)14-3-5-15(25)6-4-14/h3-10,12-13,30H,11H2,1-2H3/t13?,24-/m1/s1. The van der Waals surface area contributed by atoms with E-state index in [1.54, 1.807) is 48.5 Å². The molecule has 4 rings (SSSR count). The summed E-state index contributed by atoms with van der Waals surface area (Å²) >= 11 is 18.7. The van der Waals surface area contributed by atoms with Gasteiger partial charge in [-0.25, -0.2) is 0 Å². The van der Waals surface area contributed by atoms with Crippen molar-refractivity contribution in [2.24, 2.45) is 0 Å². The van der Waals surface area contributed by atoms with Crippen molar-refractivity contribution in [3.8, 4) is 11.1 Å². The van der Waals surface area contributed by atoms with Crippen LogP contribution in [0, 0.1) is 0 Å². The summed E-state index contributed by atoms with van der Waals surface area (Å²) in [5.74, 6) is -1.16. The van der Waals surface area contributed by atoms with Crippen molar-refractivity contribution in [2.45, 2.75) is 25.0 Å². The molecule has 1 unspecified atom stereocenters. The van der Waals surface area contributed by atoms with Gasteiger partial charge >= 0.3 is 0 Å². The van der Waals surface area contributed by atoms with Gasteiger partial charge in [-0.15, -0.1) is 0 Å². The Morgan fingerprint density at radius 3 is 2.33 bits per heavy atom. The molecular weight excluding hydrogens is 487 g/mol. The normalized spacial score (nSPS) is 18.4. The number of halogens is 3. The van der Waals surface area contributed by atoms with E-state index in [2.05, 4.69) is 4.98 Å². The van der Waals surface area contributed by atoms with Gasteiger partial charge in [0.05, 0.1) is 12.1 Å². The Kier molecular flexibility index (Phi) is 6.49. The summed E-state index contributed by atoms with van der Waals surface area (Å²) in [5.41, 5.74) is 0.454. The first kappa shape index (κ1) is 23.7. The first-order valence-corrected chi connectivity index (χ1v) is 11.1. The zero-order valence-corrected chi connectivity index (χ0v) is 19.9. The molecule has 1 N–H and O–H groups in total. The number of amides is 1. The molecule has 0 bridgehead atoms. The second kappa shape index (κ2) is 9.05. The average Bonchev–Trinajstić information content (AvgIpc) is 3.03. The lowest BCUT2D eigenvalue weighted by Crippen LogP contribution is -2.54. The summed E-state index contributed by atoms with van der Waals surface area (Å²) in [6.45, 7) is 1.35. The highest BCUT2D eigenvalue weighted by atomic mass is 35.5. The summed E-state index contributed by atoms with van der Waals surface area (Å²) in [5, 5.41) is 12.7. The number of carbonyl (C=O) groups is 2. The van der Waals surface area contributed by atoms with Gasteiger partial charge in [-0.1, -0.05) is 46.9 Å². The Labute approximate surface area is 205 Å². The summed E-state index contributed by atoms with van der Waals surface area (Å²) in [6, 6.07) is 13.3. The number of nitrogens with zero attached hydrogens (tertiary/aromatic N) is 2. The van der Waals surface area contributed by atoms with Gasteiger partial charge in [0.25, 0.3) is 5.91 Å². The van der Waals surface area contributed by atoms with Crippen molar-refractivity contribution < 1.29 is 19.5 Å². The number of carbonyl (C=O) groups excluding carboxylic acids is 2. The molecule has 0 saturated heterocycles. The van der Waals surface area contributed by atoms with Crippen molar-refractivity contribution in [3.63, 3.8) is 0 Å². The number of hydrogen-bond acceptors (Lipinski definition) is 5. The van der Waals surface area contributed by atoms with E-state index in [1.807, 2.05) is 0 Å². The van der Waals surface area contributed by atoms with Gasteiger partial charge in [0.1, 0.15) is 6.10 Å². The second-order valence-corrected chi connectivity index (χ2v) is 8.96. The Bertz CT molecular complexity index is 1230. The number of Topliss-reactive ketones (excluding diaryl/α,β-unsaturated/α-hetero) is 1. The Morgan fingerprint density at radius 2 is 1.76 bits per heavy atom. The molecular formula is C24H19Cl3N2O4. The highest BCUT2D eigenvalue weighted by Crippen LogP contribution is 2.49. The van der Waals surface area contributed by atoms with Crippen LogP contribution < -0.4 is 0 Å². The third kappa shape index (κ3) is 3.92. The van der Waals surface area contributed by atoms with Crippen LogP contribution in [0.1, 0.15) is 28.5 Å². The van der Waals surface area contributed by atoms with Crippen LogP contribution in [-0.4, -0.2) is 40.1 Å². The van der Waals surface area contributed by atoms with Gasteiger partial charge in [-0.2, -0.15) is 5.06 Å². The van der Waals surface area contributed by atoms with E-state index in [4.69, 9.17) is 39.6 Å². The van der Waals surface area contributed by atoms with Crippen LogP contribution in [0.2, 0.25) is 15.1 Å². The van der Waals surface area contributed by atoms with Gasteiger partial charge in [0, 0.05) is 45.0 Å². The van der Waals surface area contributed by atoms with Crippen molar-refractivity contribution in [1.29, 1.82) is 0 Å². The van der Waals surface area contributed by atoms with Crippen molar-refractivity contribution in [3.05, 3.63) is 86.6 Å². The molecule has 1 amide bonds. The number of fused-ring (bicyclic) bond motifs is 1. The van der Waals surface area contributed by atoms with Crippen molar-refractivity contribution in [1.82, 2.24) is 10.0 Å². The highest BCUT2D eigenvalue weighted by Gasteiger charge is 2.58. The van der Waals surface area contributed by atoms with Crippen molar-refractivity contribution in [2.75, 3.05) is 7.11 Å². The molecule has 1 aliphatic heterocycles.